The molecule has 1 N–H and O–H groups in total. The van der Waals surface area contributed by atoms with Gasteiger partial charge in [0.25, 0.3) is 0 Å². The fraction of sp³-hybridized carbons (Fsp3) is 0.429. The van der Waals surface area contributed by atoms with Crippen LogP contribution in [0.1, 0.15) is 26.3 Å². The minimum atomic E-state index is -1.03. The molecule has 1 unspecified atom stereocenters. The molecule has 110 valence electrons. The molecule has 0 fully saturated rings. The van der Waals surface area contributed by atoms with Gasteiger partial charge in [-0.1, -0.05) is 32.9 Å². The molecule has 20 heavy (non-hydrogen) atoms. The van der Waals surface area contributed by atoms with Crippen LogP contribution in [0.2, 0.25) is 0 Å². The lowest BCUT2D eigenvalue weighted by Gasteiger charge is -2.32. The van der Waals surface area contributed by atoms with E-state index in [1.807, 2.05) is 0 Å². The predicted molar refractivity (Wildman–Crippen MR) is 72.6 cm³/mol. The second kappa shape index (κ2) is 5.98. The van der Waals surface area contributed by atoms with Crippen molar-refractivity contribution in [1.29, 1.82) is 0 Å². The molecule has 0 aliphatic carbocycles. The summed E-state index contributed by atoms with van der Waals surface area (Å²) in [4.78, 5) is 11.3. The molecule has 0 aliphatic heterocycles. The quantitative estimate of drug-likeness (QED) is 0.683. The number of benzene rings is 1. The number of hydrazone groups is 1. The minimum Gasteiger partial charge on any atom is -0.480 e. The van der Waals surface area contributed by atoms with Crippen molar-refractivity contribution >= 4 is 12.2 Å². The van der Waals surface area contributed by atoms with Gasteiger partial charge in [0.1, 0.15) is 6.04 Å². The van der Waals surface area contributed by atoms with Crippen molar-refractivity contribution in [2.75, 3.05) is 7.05 Å². The van der Waals surface area contributed by atoms with Crippen LogP contribution in [-0.2, 0) is 4.79 Å². The van der Waals surface area contributed by atoms with Crippen molar-refractivity contribution in [3.05, 3.63) is 35.4 Å². The highest BCUT2D eigenvalue weighted by atomic mass is 19.2. The number of carboxylic acids is 1. The summed E-state index contributed by atoms with van der Waals surface area (Å²) in [5.74, 6) is -3.01. The Morgan fingerprint density at radius 1 is 1.40 bits per heavy atom. The number of hydrogen-bond donors (Lipinski definition) is 1. The van der Waals surface area contributed by atoms with Crippen molar-refractivity contribution < 1.29 is 18.7 Å². The van der Waals surface area contributed by atoms with E-state index in [-0.39, 0.29) is 5.56 Å². The molecular formula is C14H18F2N2O2. The standard InChI is InChI=1S/C14H18F2N2O2/c1-14(2,3)12(13(19)20)18(4)17-8-9-6-5-7-10(15)11(9)16/h5-8,12H,1-4H3,(H,19,20). The van der Waals surface area contributed by atoms with Crippen LogP contribution in [0.3, 0.4) is 0 Å². The van der Waals surface area contributed by atoms with E-state index in [1.54, 1.807) is 20.8 Å². The third-order valence-corrected chi connectivity index (χ3v) is 2.79. The van der Waals surface area contributed by atoms with Crippen molar-refractivity contribution in [2.45, 2.75) is 26.8 Å². The number of halogens is 2. The van der Waals surface area contributed by atoms with Gasteiger partial charge < -0.3 is 5.11 Å². The molecule has 1 aromatic carbocycles. The van der Waals surface area contributed by atoms with E-state index in [0.717, 1.165) is 12.3 Å². The first-order chi connectivity index (χ1) is 9.14. The maximum Gasteiger partial charge on any atom is 0.328 e. The van der Waals surface area contributed by atoms with Gasteiger partial charge in [-0.2, -0.15) is 5.10 Å². The first-order valence-corrected chi connectivity index (χ1v) is 6.08. The molecule has 0 radical (unpaired) electrons. The molecular weight excluding hydrogens is 266 g/mol. The highest BCUT2D eigenvalue weighted by molar-refractivity contribution is 5.80. The smallest absolute Gasteiger partial charge is 0.328 e. The number of carbonyl (C=O) groups is 1. The van der Waals surface area contributed by atoms with Gasteiger partial charge >= 0.3 is 5.97 Å². The van der Waals surface area contributed by atoms with Gasteiger partial charge in [0.05, 0.1) is 6.21 Å². The van der Waals surface area contributed by atoms with Crippen molar-refractivity contribution in [1.82, 2.24) is 5.01 Å². The van der Waals surface area contributed by atoms with Crippen LogP contribution < -0.4 is 0 Å². The molecule has 1 atom stereocenters. The Kier molecular flexibility index (Phi) is 4.81. The molecule has 0 heterocycles. The molecule has 4 nitrogen and oxygen atoms in total. The Balaban J connectivity index is 2.99. The second-order valence-corrected chi connectivity index (χ2v) is 5.57. The molecule has 1 rings (SSSR count). The molecule has 0 saturated heterocycles. The number of likely N-dealkylation sites (N-methyl/N-ethyl adjacent to an activating group) is 1. The molecule has 6 heteroatoms. The van der Waals surface area contributed by atoms with Crippen LogP contribution in [0.15, 0.2) is 23.3 Å². The SMILES string of the molecule is CN(N=Cc1cccc(F)c1F)C(C(=O)O)C(C)(C)C. The van der Waals surface area contributed by atoms with E-state index < -0.39 is 29.1 Å². The molecule has 1 aromatic rings. The molecule has 0 spiro atoms. The lowest BCUT2D eigenvalue weighted by Crippen LogP contribution is -2.45. The number of hydrogen-bond acceptors (Lipinski definition) is 3. The summed E-state index contributed by atoms with van der Waals surface area (Å²) in [5, 5.41) is 14.4. The first kappa shape index (κ1) is 16.1. The Hall–Kier alpha value is -1.98. The topological polar surface area (TPSA) is 52.9 Å². The van der Waals surface area contributed by atoms with Gasteiger partial charge in [-0.25, -0.2) is 13.6 Å². The second-order valence-electron chi connectivity index (χ2n) is 5.57. The van der Waals surface area contributed by atoms with Crippen LogP contribution in [0, 0.1) is 17.0 Å². The van der Waals surface area contributed by atoms with Gasteiger partial charge in [0.2, 0.25) is 0 Å². The third-order valence-electron chi connectivity index (χ3n) is 2.79. The van der Waals surface area contributed by atoms with Gasteiger partial charge in [0, 0.05) is 12.6 Å². The zero-order valence-corrected chi connectivity index (χ0v) is 11.9. The summed E-state index contributed by atoms with van der Waals surface area (Å²) >= 11 is 0. The van der Waals surface area contributed by atoms with Crippen LogP contribution in [0.4, 0.5) is 8.78 Å². The Morgan fingerprint density at radius 3 is 2.50 bits per heavy atom. The van der Waals surface area contributed by atoms with Gasteiger partial charge in [-0.05, 0) is 11.5 Å². The monoisotopic (exact) mass is 284 g/mol. The van der Waals surface area contributed by atoms with Crippen LogP contribution >= 0.6 is 0 Å². The van der Waals surface area contributed by atoms with Crippen LogP contribution in [-0.4, -0.2) is 35.4 Å². The van der Waals surface area contributed by atoms with E-state index >= 15 is 0 Å². The molecule has 0 bridgehead atoms. The maximum atomic E-state index is 13.4. The van der Waals surface area contributed by atoms with Crippen molar-refractivity contribution in [3.8, 4) is 0 Å². The zero-order valence-electron chi connectivity index (χ0n) is 11.9. The molecule has 0 amide bonds. The fourth-order valence-electron chi connectivity index (χ4n) is 1.93. The predicted octanol–water partition coefficient (Wildman–Crippen LogP) is 2.73. The Morgan fingerprint density at radius 2 is 2.00 bits per heavy atom. The summed E-state index contributed by atoms with van der Waals surface area (Å²) < 4.78 is 26.5. The fourth-order valence-corrected chi connectivity index (χ4v) is 1.93. The lowest BCUT2D eigenvalue weighted by atomic mass is 9.86. The van der Waals surface area contributed by atoms with E-state index in [1.165, 1.54) is 24.2 Å². The normalized spacial score (nSPS) is 13.5. The highest BCUT2D eigenvalue weighted by Gasteiger charge is 2.34. The largest absolute Gasteiger partial charge is 0.480 e. The van der Waals surface area contributed by atoms with Crippen LogP contribution in [0.5, 0.6) is 0 Å². The highest BCUT2D eigenvalue weighted by Crippen LogP contribution is 2.24. The third kappa shape index (κ3) is 3.76. The lowest BCUT2D eigenvalue weighted by molar-refractivity contribution is -0.146. The summed E-state index contributed by atoms with van der Waals surface area (Å²) in [5.41, 5.74) is -0.590. The Labute approximate surface area is 116 Å². The van der Waals surface area contributed by atoms with E-state index in [2.05, 4.69) is 5.10 Å². The summed E-state index contributed by atoms with van der Waals surface area (Å²) in [7, 11) is 1.48. The van der Waals surface area contributed by atoms with Gasteiger partial charge in [0.15, 0.2) is 11.6 Å². The van der Waals surface area contributed by atoms with Crippen molar-refractivity contribution in [3.63, 3.8) is 0 Å². The minimum absolute atomic E-state index is 0.0325. The van der Waals surface area contributed by atoms with E-state index in [0.29, 0.717) is 0 Å². The average Bonchev–Trinajstić information content (AvgIpc) is 2.28. The first-order valence-electron chi connectivity index (χ1n) is 6.08. The number of rotatable bonds is 4. The molecule has 0 saturated carbocycles. The summed E-state index contributed by atoms with van der Waals surface area (Å²) in [6.45, 7) is 5.29. The average molecular weight is 284 g/mol. The molecule has 0 aromatic heterocycles. The van der Waals surface area contributed by atoms with E-state index in [9.17, 15) is 18.7 Å². The van der Waals surface area contributed by atoms with Gasteiger partial charge in [-0.3, -0.25) is 5.01 Å². The molecule has 0 aliphatic rings. The summed E-state index contributed by atoms with van der Waals surface area (Å²) in [6.07, 6.45) is 1.11. The maximum absolute atomic E-state index is 13.4. The van der Waals surface area contributed by atoms with Gasteiger partial charge in [-0.15, -0.1) is 0 Å². The van der Waals surface area contributed by atoms with Crippen LogP contribution in [0.25, 0.3) is 0 Å². The van der Waals surface area contributed by atoms with Crippen molar-refractivity contribution in [2.24, 2.45) is 10.5 Å². The number of carboxylic acid groups (broad SMARTS) is 1. The van der Waals surface area contributed by atoms with E-state index in [4.69, 9.17) is 0 Å². The number of aliphatic carboxylic acids is 1. The zero-order chi connectivity index (χ0) is 15.5. The Bertz CT molecular complexity index is 524. The summed E-state index contributed by atoms with van der Waals surface area (Å²) in [6, 6.07) is 2.85. The number of nitrogens with zero attached hydrogens (tertiary/aromatic N) is 2.